The molecule has 0 aromatic heterocycles. The second-order valence-corrected chi connectivity index (χ2v) is 5.81. The van der Waals surface area contributed by atoms with Crippen molar-refractivity contribution in [1.82, 2.24) is 10.2 Å². The van der Waals surface area contributed by atoms with Crippen LogP contribution in [0.1, 0.15) is 25.3 Å². The smallest absolute Gasteiger partial charge is 0.249 e. The Labute approximate surface area is 117 Å². The summed E-state index contributed by atoms with van der Waals surface area (Å²) in [6, 6.07) is 6.01. The van der Waals surface area contributed by atoms with Gasteiger partial charge in [-0.05, 0) is 43.4 Å². The van der Waals surface area contributed by atoms with E-state index in [0.717, 1.165) is 18.4 Å². The molecule has 3 rings (SSSR count). The molecule has 5 heteroatoms. The molecule has 1 atom stereocenters. The largest absolute Gasteiger partial charge is 0.340 e. The van der Waals surface area contributed by atoms with E-state index in [4.69, 9.17) is 0 Å². The second kappa shape index (κ2) is 4.58. The average molecular weight is 276 g/mol. The van der Waals surface area contributed by atoms with Crippen molar-refractivity contribution in [3.63, 3.8) is 0 Å². The molecule has 106 valence electrons. The van der Waals surface area contributed by atoms with Gasteiger partial charge in [0.25, 0.3) is 0 Å². The van der Waals surface area contributed by atoms with Crippen LogP contribution in [0.25, 0.3) is 0 Å². The van der Waals surface area contributed by atoms with Crippen molar-refractivity contribution in [3.05, 3.63) is 35.6 Å². The molecule has 0 bridgehead atoms. The van der Waals surface area contributed by atoms with E-state index >= 15 is 0 Å². The van der Waals surface area contributed by atoms with Gasteiger partial charge in [-0.25, -0.2) is 4.39 Å². The first-order valence-corrected chi connectivity index (χ1v) is 6.84. The Morgan fingerprint density at radius 3 is 2.55 bits per heavy atom. The fourth-order valence-electron chi connectivity index (χ4n) is 2.83. The van der Waals surface area contributed by atoms with Crippen LogP contribution < -0.4 is 5.32 Å². The van der Waals surface area contributed by atoms with E-state index in [-0.39, 0.29) is 30.1 Å². The molecule has 1 N–H and O–H groups in total. The summed E-state index contributed by atoms with van der Waals surface area (Å²) in [6.45, 7) is 2.22. The van der Waals surface area contributed by atoms with Gasteiger partial charge in [-0.1, -0.05) is 12.1 Å². The molecule has 1 saturated heterocycles. The van der Waals surface area contributed by atoms with Crippen molar-refractivity contribution < 1.29 is 14.0 Å². The van der Waals surface area contributed by atoms with Crippen LogP contribution in [0.15, 0.2) is 24.3 Å². The fourth-order valence-corrected chi connectivity index (χ4v) is 2.83. The van der Waals surface area contributed by atoms with E-state index in [1.165, 1.54) is 12.1 Å². The molecule has 1 heterocycles. The van der Waals surface area contributed by atoms with Crippen molar-refractivity contribution in [2.75, 3.05) is 6.54 Å². The van der Waals surface area contributed by atoms with Gasteiger partial charge in [-0.3, -0.25) is 9.59 Å². The molecule has 4 nitrogen and oxygen atoms in total. The summed E-state index contributed by atoms with van der Waals surface area (Å²) in [5.41, 5.74) is 0.0580. The molecule has 1 unspecified atom stereocenters. The quantitative estimate of drug-likeness (QED) is 0.908. The molecule has 20 heavy (non-hydrogen) atoms. The Kier molecular flexibility index (Phi) is 3.00. The first-order valence-electron chi connectivity index (χ1n) is 6.84. The van der Waals surface area contributed by atoms with Gasteiger partial charge in [0, 0.05) is 6.54 Å². The maximum absolute atomic E-state index is 12.9. The molecular weight excluding hydrogens is 259 g/mol. The van der Waals surface area contributed by atoms with Crippen LogP contribution in [-0.4, -0.2) is 28.8 Å². The van der Waals surface area contributed by atoms with E-state index in [9.17, 15) is 14.0 Å². The number of nitrogens with zero attached hydrogens (tertiary/aromatic N) is 1. The minimum Gasteiger partial charge on any atom is -0.340 e. The van der Waals surface area contributed by atoms with Crippen LogP contribution in [0.4, 0.5) is 4.39 Å². The van der Waals surface area contributed by atoms with Gasteiger partial charge in [0.15, 0.2) is 0 Å². The molecule has 1 aromatic rings. The van der Waals surface area contributed by atoms with Gasteiger partial charge in [0.05, 0.1) is 6.54 Å². The number of benzene rings is 1. The second-order valence-electron chi connectivity index (χ2n) is 5.81. The van der Waals surface area contributed by atoms with Crippen LogP contribution in [0.3, 0.4) is 0 Å². The number of hydrogen-bond donors (Lipinski definition) is 1. The zero-order valence-corrected chi connectivity index (χ0v) is 11.4. The topological polar surface area (TPSA) is 49.4 Å². The third-order valence-corrected chi connectivity index (χ3v) is 4.15. The molecule has 2 fully saturated rings. The molecule has 0 radical (unpaired) electrons. The van der Waals surface area contributed by atoms with Gasteiger partial charge >= 0.3 is 0 Å². The molecule has 0 spiro atoms. The molecule has 1 aromatic carbocycles. The monoisotopic (exact) mass is 276 g/mol. The number of amides is 2. The highest BCUT2D eigenvalue weighted by Crippen LogP contribution is 2.41. The lowest BCUT2D eigenvalue weighted by molar-refractivity contribution is -0.150. The Morgan fingerprint density at radius 1 is 1.30 bits per heavy atom. The normalized spacial score (nSPS) is 26.6. The van der Waals surface area contributed by atoms with E-state index in [1.54, 1.807) is 17.0 Å². The molecule has 1 aliphatic carbocycles. The predicted octanol–water partition coefficient (Wildman–Crippen LogP) is 1.45. The maximum Gasteiger partial charge on any atom is 0.249 e. The maximum atomic E-state index is 12.9. The van der Waals surface area contributed by atoms with Crippen LogP contribution in [0.2, 0.25) is 0 Å². The fraction of sp³-hybridized carbons (Fsp3) is 0.467. The van der Waals surface area contributed by atoms with Gasteiger partial charge in [-0.15, -0.1) is 0 Å². The predicted molar refractivity (Wildman–Crippen MR) is 71.1 cm³/mol. The summed E-state index contributed by atoms with van der Waals surface area (Å²) in [5, 5.41) is 2.84. The number of piperazine rings is 1. The molecular formula is C15H17FN2O2. The van der Waals surface area contributed by atoms with Crippen LogP contribution in [-0.2, 0) is 16.1 Å². The Balaban J connectivity index is 1.79. The van der Waals surface area contributed by atoms with Crippen LogP contribution in [0, 0.1) is 11.7 Å². The van der Waals surface area contributed by atoms with Gasteiger partial charge in [-0.2, -0.15) is 0 Å². The van der Waals surface area contributed by atoms with Crippen LogP contribution >= 0.6 is 0 Å². The number of nitrogens with one attached hydrogen (secondary N) is 1. The summed E-state index contributed by atoms with van der Waals surface area (Å²) in [4.78, 5) is 26.0. The highest BCUT2D eigenvalue weighted by molar-refractivity contribution is 5.98. The highest BCUT2D eigenvalue weighted by Gasteiger charge is 2.52. The lowest BCUT2D eigenvalue weighted by atomic mass is 9.91. The molecule has 2 amide bonds. The lowest BCUT2D eigenvalue weighted by Crippen LogP contribution is -2.66. The third kappa shape index (κ3) is 2.28. The van der Waals surface area contributed by atoms with Gasteiger partial charge in [0.1, 0.15) is 11.4 Å². The first-order chi connectivity index (χ1) is 9.49. The summed E-state index contributed by atoms with van der Waals surface area (Å²) in [5.74, 6) is -0.223. The highest BCUT2D eigenvalue weighted by atomic mass is 19.1. The zero-order chi connectivity index (χ0) is 14.3. The van der Waals surface area contributed by atoms with Crippen molar-refractivity contribution in [2.45, 2.75) is 31.8 Å². The molecule has 1 aliphatic heterocycles. The summed E-state index contributed by atoms with van der Waals surface area (Å²) >= 11 is 0. The summed E-state index contributed by atoms with van der Waals surface area (Å²) in [6.07, 6.45) is 1.96. The van der Waals surface area contributed by atoms with Gasteiger partial charge < -0.3 is 10.2 Å². The summed E-state index contributed by atoms with van der Waals surface area (Å²) < 4.78 is 12.9. The minimum atomic E-state index is -0.768. The van der Waals surface area contributed by atoms with Crippen molar-refractivity contribution in [3.8, 4) is 0 Å². The number of hydrogen-bond acceptors (Lipinski definition) is 2. The number of halogens is 1. The SMILES string of the molecule is CC1(C2CC2)NC(=O)CN(Cc2ccc(F)cc2)C1=O. The minimum absolute atomic E-state index is 0.0380. The van der Waals surface area contributed by atoms with Crippen LogP contribution in [0.5, 0.6) is 0 Å². The number of rotatable bonds is 3. The van der Waals surface area contributed by atoms with E-state index in [0.29, 0.717) is 6.54 Å². The molecule has 2 aliphatic rings. The van der Waals surface area contributed by atoms with Crippen molar-refractivity contribution in [1.29, 1.82) is 0 Å². The Morgan fingerprint density at radius 2 is 1.95 bits per heavy atom. The molecule has 1 saturated carbocycles. The zero-order valence-electron chi connectivity index (χ0n) is 11.4. The first kappa shape index (κ1) is 13.1. The average Bonchev–Trinajstić information content (AvgIpc) is 3.23. The van der Waals surface area contributed by atoms with Gasteiger partial charge in [0.2, 0.25) is 11.8 Å². The van der Waals surface area contributed by atoms with Crippen molar-refractivity contribution in [2.24, 2.45) is 5.92 Å². The Hall–Kier alpha value is -1.91. The third-order valence-electron chi connectivity index (χ3n) is 4.15. The van der Waals surface area contributed by atoms with E-state index < -0.39 is 5.54 Å². The summed E-state index contributed by atoms with van der Waals surface area (Å²) in [7, 11) is 0. The lowest BCUT2D eigenvalue weighted by Gasteiger charge is -2.40. The standard InChI is InChI=1S/C15H17FN2O2/c1-15(11-4-5-11)14(20)18(9-13(19)17-15)8-10-2-6-12(16)7-3-10/h2-3,6-7,11H,4-5,8-9H2,1H3,(H,17,19). The van der Waals surface area contributed by atoms with E-state index in [2.05, 4.69) is 5.32 Å². The number of carbonyl (C=O) groups excluding carboxylic acids is 2. The number of carbonyl (C=O) groups is 2. The van der Waals surface area contributed by atoms with Crippen molar-refractivity contribution >= 4 is 11.8 Å². The van der Waals surface area contributed by atoms with E-state index in [1.807, 2.05) is 6.92 Å². The Bertz CT molecular complexity index is 553.